The molecule has 0 bridgehead atoms. The predicted octanol–water partition coefficient (Wildman–Crippen LogP) is 2.83. The van der Waals surface area contributed by atoms with Crippen molar-refractivity contribution in [2.24, 2.45) is 0 Å². The maximum absolute atomic E-state index is 11.5. The summed E-state index contributed by atoms with van der Waals surface area (Å²) in [5.74, 6) is 0.493. The molecule has 2 aromatic carbocycles. The van der Waals surface area contributed by atoms with E-state index in [1.165, 1.54) is 11.8 Å². The molecule has 6 heteroatoms. The smallest absolute Gasteiger partial charge is 0.175 e. The Hall–Kier alpha value is -2.60. The Morgan fingerprint density at radius 3 is 2.17 bits per heavy atom. The first-order chi connectivity index (χ1) is 10.8. The lowest BCUT2D eigenvalue weighted by Gasteiger charge is -2.05. The highest BCUT2D eigenvalue weighted by Crippen LogP contribution is 2.24. The number of aryl methyl sites for hydroxylation is 1. The van der Waals surface area contributed by atoms with Crippen LogP contribution in [0.1, 0.15) is 5.56 Å². The van der Waals surface area contributed by atoms with E-state index < -0.39 is 9.84 Å². The highest BCUT2D eigenvalue weighted by Gasteiger charge is 2.11. The molecular weight excluding hydrogens is 310 g/mol. The number of hydrogen-bond donors (Lipinski definition) is 1. The molecule has 23 heavy (non-hydrogen) atoms. The first-order valence-electron chi connectivity index (χ1n) is 7.08. The fraction of sp³-hybridized carbons (Fsp3) is 0.118. The molecule has 3 rings (SSSR count). The van der Waals surface area contributed by atoms with E-state index >= 15 is 0 Å². The van der Waals surface area contributed by atoms with E-state index in [0.29, 0.717) is 11.5 Å². The highest BCUT2D eigenvalue weighted by atomic mass is 32.2. The van der Waals surface area contributed by atoms with Crippen LogP contribution >= 0.6 is 0 Å². The van der Waals surface area contributed by atoms with Gasteiger partial charge in [-0.05, 0) is 31.2 Å². The average molecular weight is 327 g/mol. The summed E-state index contributed by atoms with van der Waals surface area (Å²) in [5.41, 5.74) is 9.69. The molecule has 0 saturated heterocycles. The van der Waals surface area contributed by atoms with Crippen molar-refractivity contribution >= 4 is 15.7 Å². The normalized spacial score (nSPS) is 11.6. The van der Waals surface area contributed by atoms with Crippen molar-refractivity contribution in [1.82, 2.24) is 9.78 Å². The molecular formula is C17H17N3O2S. The van der Waals surface area contributed by atoms with E-state index in [9.17, 15) is 8.42 Å². The molecule has 5 nitrogen and oxygen atoms in total. The molecule has 2 N–H and O–H groups in total. The summed E-state index contributed by atoms with van der Waals surface area (Å²) in [6, 6.07) is 16.3. The Bertz CT molecular complexity index is 941. The molecule has 0 aliphatic rings. The molecule has 0 amide bonds. The standard InChI is InChI=1S/C17H17N3O2S/c1-12-3-5-13(6-4-12)16-11-17(18)20(19-16)14-7-9-15(10-8-14)23(2,21)22/h3-11H,18H2,1-2H3. The van der Waals surface area contributed by atoms with Gasteiger partial charge in [0, 0.05) is 17.9 Å². The molecule has 0 unspecified atom stereocenters. The Labute approximate surface area is 135 Å². The topological polar surface area (TPSA) is 78.0 Å². The van der Waals surface area contributed by atoms with E-state index in [0.717, 1.165) is 11.3 Å². The van der Waals surface area contributed by atoms with E-state index in [1.807, 2.05) is 31.2 Å². The van der Waals surface area contributed by atoms with Crippen LogP contribution in [0.2, 0.25) is 0 Å². The van der Waals surface area contributed by atoms with Gasteiger partial charge in [0.15, 0.2) is 9.84 Å². The van der Waals surface area contributed by atoms with Crippen LogP contribution in [0.3, 0.4) is 0 Å². The first kappa shape index (κ1) is 15.3. The minimum atomic E-state index is -3.21. The fourth-order valence-electron chi connectivity index (χ4n) is 2.30. The van der Waals surface area contributed by atoms with Crippen molar-refractivity contribution in [2.75, 3.05) is 12.0 Å². The number of aromatic nitrogens is 2. The molecule has 0 radical (unpaired) electrons. The van der Waals surface area contributed by atoms with E-state index in [1.54, 1.807) is 35.0 Å². The fourth-order valence-corrected chi connectivity index (χ4v) is 2.93. The van der Waals surface area contributed by atoms with E-state index in [2.05, 4.69) is 5.10 Å². The second kappa shape index (κ2) is 5.55. The van der Waals surface area contributed by atoms with Crippen molar-refractivity contribution in [3.8, 4) is 16.9 Å². The zero-order valence-corrected chi connectivity index (χ0v) is 13.7. The van der Waals surface area contributed by atoms with Gasteiger partial charge in [-0.1, -0.05) is 29.8 Å². The van der Waals surface area contributed by atoms with Gasteiger partial charge in [0.25, 0.3) is 0 Å². The molecule has 0 spiro atoms. The summed E-state index contributed by atoms with van der Waals surface area (Å²) in [6.45, 7) is 2.03. The van der Waals surface area contributed by atoms with Crippen LogP contribution in [0.25, 0.3) is 16.9 Å². The summed E-state index contributed by atoms with van der Waals surface area (Å²) in [5, 5.41) is 4.51. The summed E-state index contributed by atoms with van der Waals surface area (Å²) >= 11 is 0. The van der Waals surface area contributed by atoms with Gasteiger partial charge < -0.3 is 5.73 Å². The van der Waals surface area contributed by atoms with Gasteiger partial charge in [0.05, 0.1) is 16.3 Å². The lowest BCUT2D eigenvalue weighted by molar-refractivity contribution is 0.602. The molecule has 1 heterocycles. The molecule has 0 aliphatic heterocycles. The lowest BCUT2D eigenvalue weighted by atomic mass is 10.1. The lowest BCUT2D eigenvalue weighted by Crippen LogP contribution is -2.03. The number of rotatable bonds is 3. The third-order valence-corrected chi connectivity index (χ3v) is 4.72. The van der Waals surface area contributed by atoms with Gasteiger partial charge in [-0.25, -0.2) is 13.1 Å². The monoisotopic (exact) mass is 327 g/mol. The number of benzene rings is 2. The maximum Gasteiger partial charge on any atom is 0.175 e. The second-order valence-corrected chi connectivity index (χ2v) is 7.51. The Morgan fingerprint density at radius 1 is 1.00 bits per heavy atom. The number of hydrogen-bond acceptors (Lipinski definition) is 4. The van der Waals surface area contributed by atoms with Gasteiger partial charge in [-0.2, -0.15) is 5.10 Å². The molecule has 3 aromatic rings. The van der Waals surface area contributed by atoms with Crippen LogP contribution in [0.5, 0.6) is 0 Å². The number of nitrogen functional groups attached to an aromatic ring is 1. The third-order valence-electron chi connectivity index (χ3n) is 3.59. The second-order valence-electron chi connectivity index (χ2n) is 5.50. The van der Waals surface area contributed by atoms with Crippen molar-refractivity contribution in [2.45, 2.75) is 11.8 Å². The number of nitrogens with two attached hydrogens (primary N) is 1. The van der Waals surface area contributed by atoms with Crippen molar-refractivity contribution in [1.29, 1.82) is 0 Å². The predicted molar refractivity (Wildman–Crippen MR) is 91.3 cm³/mol. The molecule has 0 aliphatic carbocycles. The van der Waals surface area contributed by atoms with E-state index in [4.69, 9.17) is 5.73 Å². The molecule has 1 aromatic heterocycles. The van der Waals surface area contributed by atoms with Crippen molar-refractivity contribution in [3.63, 3.8) is 0 Å². The van der Waals surface area contributed by atoms with Crippen molar-refractivity contribution in [3.05, 3.63) is 60.2 Å². The zero-order chi connectivity index (χ0) is 16.6. The minimum Gasteiger partial charge on any atom is -0.384 e. The van der Waals surface area contributed by atoms with Crippen LogP contribution in [0.15, 0.2) is 59.5 Å². The molecule has 0 saturated carbocycles. The molecule has 0 atom stereocenters. The summed E-state index contributed by atoms with van der Waals surface area (Å²) in [4.78, 5) is 0.269. The molecule has 0 fully saturated rings. The summed E-state index contributed by atoms with van der Waals surface area (Å²) in [7, 11) is -3.21. The largest absolute Gasteiger partial charge is 0.384 e. The average Bonchev–Trinajstić information content (AvgIpc) is 2.89. The van der Waals surface area contributed by atoms with Gasteiger partial charge in [0.2, 0.25) is 0 Å². The molecule has 118 valence electrons. The SMILES string of the molecule is Cc1ccc(-c2cc(N)n(-c3ccc(S(C)(=O)=O)cc3)n2)cc1. The van der Waals surface area contributed by atoms with Gasteiger partial charge in [0.1, 0.15) is 5.82 Å². The van der Waals surface area contributed by atoms with E-state index in [-0.39, 0.29) is 4.90 Å². The number of anilines is 1. The van der Waals surface area contributed by atoms with Crippen LogP contribution in [0.4, 0.5) is 5.82 Å². The first-order valence-corrected chi connectivity index (χ1v) is 8.97. The minimum absolute atomic E-state index is 0.269. The number of nitrogens with zero attached hydrogens (tertiary/aromatic N) is 2. The van der Waals surface area contributed by atoms with Crippen LogP contribution in [-0.2, 0) is 9.84 Å². The van der Waals surface area contributed by atoms with Gasteiger partial charge in [-0.15, -0.1) is 0 Å². The highest BCUT2D eigenvalue weighted by molar-refractivity contribution is 7.90. The third kappa shape index (κ3) is 3.12. The van der Waals surface area contributed by atoms with Gasteiger partial charge >= 0.3 is 0 Å². The quantitative estimate of drug-likeness (QED) is 0.802. The zero-order valence-electron chi connectivity index (χ0n) is 12.9. The van der Waals surface area contributed by atoms with Crippen LogP contribution in [-0.4, -0.2) is 24.5 Å². The number of sulfone groups is 1. The Kier molecular flexibility index (Phi) is 3.69. The van der Waals surface area contributed by atoms with Crippen molar-refractivity contribution < 1.29 is 8.42 Å². The summed E-state index contributed by atoms with van der Waals surface area (Å²) < 4.78 is 24.6. The maximum atomic E-state index is 11.5. The summed E-state index contributed by atoms with van der Waals surface area (Å²) in [6.07, 6.45) is 1.18. The Balaban J connectivity index is 1.99. The van der Waals surface area contributed by atoms with Gasteiger partial charge in [-0.3, -0.25) is 0 Å². The van der Waals surface area contributed by atoms with Crippen LogP contribution in [0, 0.1) is 6.92 Å². The Morgan fingerprint density at radius 2 is 1.61 bits per heavy atom. The van der Waals surface area contributed by atoms with Crippen LogP contribution < -0.4 is 5.73 Å².